The predicted molar refractivity (Wildman–Crippen MR) is 65.6 cm³/mol. The molecule has 0 bridgehead atoms. The molecule has 76 valence electrons. The minimum atomic E-state index is 0.540. The Morgan fingerprint density at radius 3 is 2.64 bits per heavy atom. The Bertz CT molecular complexity index is 324. The van der Waals surface area contributed by atoms with E-state index in [-0.39, 0.29) is 0 Å². The molecule has 2 rings (SSSR count). The van der Waals surface area contributed by atoms with Crippen molar-refractivity contribution in [2.75, 3.05) is 0 Å². The quantitative estimate of drug-likeness (QED) is 0.581. The van der Waals surface area contributed by atoms with E-state index in [0.717, 1.165) is 9.39 Å². The Morgan fingerprint density at radius 2 is 2.00 bits per heavy atom. The molecule has 1 aliphatic carbocycles. The fraction of sp³-hybridized carbons (Fsp3) is 0.600. The first-order valence-electron chi connectivity index (χ1n) is 4.95. The first-order valence-corrected chi connectivity index (χ1v) is 6.41. The van der Waals surface area contributed by atoms with Crippen LogP contribution in [0.15, 0.2) is 6.20 Å². The zero-order chi connectivity index (χ0) is 9.97. The molecule has 1 aromatic rings. The summed E-state index contributed by atoms with van der Waals surface area (Å²) in [4.78, 5) is 8.70. The second-order valence-corrected chi connectivity index (χ2v) is 5.22. The maximum atomic E-state index is 5.97. The third kappa shape index (κ3) is 2.37. The lowest BCUT2D eigenvalue weighted by Gasteiger charge is -2.20. The molecular formula is C10H12ClIN2. The molecule has 0 amide bonds. The summed E-state index contributed by atoms with van der Waals surface area (Å²) in [7, 11) is 0. The van der Waals surface area contributed by atoms with E-state index in [4.69, 9.17) is 11.6 Å². The Labute approximate surface area is 103 Å². The number of aromatic nitrogens is 2. The van der Waals surface area contributed by atoms with Crippen molar-refractivity contribution in [3.05, 3.63) is 20.7 Å². The number of nitrogens with zero attached hydrogens (tertiary/aromatic N) is 2. The minimum Gasteiger partial charge on any atom is -0.240 e. The second-order valence-electron chi connectivity index (χ2n) is 3.70. The normalized spacial score (nSPS) is 18.4. The van der Waals surface area contributed by atoms with Gasteiger partial charge in [-0.2, -0.15) is 0 Å². The molecule has 0 spiro atoms. The van der Waals surface area contributed by atoms with E-state index < -0.39 is 0 Å². The summed E-state index contributed by atoms with van der Waals surface area (Å²) >= 11 is 8.13. The van der Waals surface area contributed by atoms with Gasteiger partial charge in [-0.3, -0.25) is 0 Å². The molecule has 1 heterocycles. The van der Waals surface area contributed by atoms with E-state index in [0.29, 0.717) is 11.1 Å². The van der Waals surface area contributed by atoms with Crippen molar-refractivity contribution in [3.8, 4) is 0 Å². The molecule has 0 N–H and O–H groups in total. The van der Waals surface area contributed by atoms with Crippen molar-refractivity contribution < 1.29 is 0 Å². The molecule has 1 aliphatic rings. The van der Waals surface area contributed by atoms with Crippen LogP contribution in [0.4, 0.5) is 0 Å². The lowest BCUT2D eigenvalue weighted by molar-refractivity contribution is 0.428. The maximum absolute atomic E-state index is 5.97. The highest BCUT2D eigenvalue weighted by molar-refractivity contribution is 14.1. The second kappa shape index (κ2) is 4.75. The van der Waals surface area contributed by atoms with Gasteiger partial charge >= 0.3 is 0 Å². The van der Waals surface area contributed by atoms with Gasteiger partial charge in [-0.05, 0) is 35.4 Å². The summed E-state index contributed by atoms with van der Waals surface area (Å²) in [6, 6.07) is 0. The number of rotatable bonds is 1. The molecule has 1 saturated carbocycles. The van der Waals surface area contributed by atoms with Crippen LogP contribution in [-0.2, 0) is 0 Å². The minimum absolute atomic E-state index is 0.540. The molecule has 1 aromatic heterocycles. The smallest absolute Gasteiger partial charge is 0.146 e. The lowest BCUT2D eigenvalue weighted by Crippen LogP contribution is -2.09. The van der Waals surface area contributed by atoms with E-state index in [9.17, 15) is 0 Å². The Morgan fingerprint density at radius 1 is 1.29 bits per heavy atom. The standard InChI is InChI=1S/C10H12ClIN2/c11-9-8(12)6-13-10(14-9)7-4-2-1-3-5-7/h6-7H,1-5H2. The third-order valence-corrected chi connectivity index (χ3v) is 4.09. The summed E-state index contributed by atoms with van der Waals surface area (Å²) in [5, 5.41) is 0.598. The van der Waals surface area contributed by atoms with Crippen molar-refractivity contribution in [1.82, 2.24) is 9.97 Å². The van der Waals surface area contributed by atoms with E-state index in [1.807, 2.05) is 6.20 Å². The largest absolute Gasteiger partial charge is 0.240 e. The van der Waals surface area contributed by atoms with E-state index in [1.54, 1.807) is 0 Å². The molecule has 0 aromatic carbocycles. The SMILES string of the molecule is Clc1nc(C2CCCCC2)ncc1I. The first kappa shape index (κ1) is 10.6. The van der Waals surface area contributed by atoms with Gasteiger partial charge in [0.25, 0.3) is 0 Å². The van der Waals surface area contributed by atoms with Gasteiger partial charge in [0.05, 0.1) is 3.57 Å². The van der Waals surface area contributed by atoms with E-state index >= 15 is 0 Å². The number of hydrogen-bond acceptors (Lipinski definition) is 2. The molecule has 0 radical (unpaired) electrons. The highest BCUT2D eigenvalue weighted by atomic mass is 127. The van der Waals surface area contributed by atoms with Crippen molar-refractivity contribution >= 4 is 34.2 Å². The van der Waals surface area contributed by atoms with Crippen LogP contribution in [0.1, 0.15) is 43.8 Å². The van der Waals surface area contributed by atoms with Gasteiger partial charge in [-0.1, -0.05) is 30.9 Å². The van der Waals surface area contributed by atoms with Crippen LogP contribution in [0.2, 0.25) is 5.15 Å². The highest BCUT2D eigenvalue weighted by Gasteiger charge is 2.18. The first-order chi connectivity index (χ1) is 6.77. The van der Waals surface area contributed by atoms with E-state index in [2.05, 4.69) is 32.6 Å². The topological polar surface area (TPSA) is 25.8 Å². The summed E-state index contributed by atoms with van der Waals surface area (Å²) in [5.41, 5.74) is 0. The molecule has 1 fully saturated rings. The van der Waals surface area contributed by atoms with Gasteiger partial charge < -0.3 is 0 Å². The number of hydrogen-bond donors (Lipinski definition) is 0. The van der Waals surface area contributed by atoms with Crippen LogP contribution in [0.3, 0.4) is 0 Å². The van der Waals surface area contributed by atoms with Crippen molar-refractivity contribution in [3.63, 3.8) is 0 Å². The van der Waals surface area contributed by atoms with Crippen LogP contribution in [-0.4, -0.2) is 9.97 Å². The molecule has 4 heteroatoms. The molecular weight excluding hydrogens is 310 g/mol. The maximum Gasteiger partial charge on any atom is 0.146 e. The molecule has 0 unspecified atom stereocenters. The van der Waals surface area contributed by atoms with Crippen molar-refractivity contribution in [2.45, 2.75) is 38.0 Å². The molecule has 0 aliphatic heterocycles. The number of halogens is 2. The predicted octanol–water partition coefficient (Wildman–Crippen LogP) is 3.78. The zero-order valence-corrected chi connectivity index (χ0v) is 10.8. The monoisotopic (exact) mass is 322 g/mol. The third-order valence-electron chi connectivity index (χ3n) is 2.69. The van der Waals surface area contributed by atoms with Crippen molar-refractivity contribution in [2.24, 2.45) is 0 Å². The van der Waals surface area contributed by atoms with Crippen LogP contribution in [0.25, 0.3) is 0 Å². The van der Waals surface area contributed by atoms with Gasteiger partial charge in [0.1, 0.15) is 11.0 Å². The average Bonchev–Trinajstić information content (AvgIpc) is 2.23. The average molecular weight is 323 g/mol. The van der Waals surface area contributed by atoms with Gasteiger partial charge in [0.15, 0.2) is 0 Å². The summed E-state index contributed by atoms with van der Waals surface area (Å²) in [6.07, 6.45) is 8.22. The van der Waals surface area contributed by atoms with Crippen molar-refractivity contribution in [1.29, 1.82) is 0 Å². The Hall–Kier alpha value is 0.100. The van der Waals surface area contributed by atoms with Gasteiger partial charge in [0.2, 0.25) is 0 Å². The summed E-state index contributed by atoms with van der Waals surface area (Å²) in [5.74, 6) is 1.48. The fourth-order valence-electron chi connectivity index (χ4n) is 1.92. The van der Waals surface area contributed by atoms with E-state index in [1.165, 1.54) is 32.1 Å². The molecule has 2 nitrogen and oxygen atoms in total. The molecule has 0 atom stereocenters. The van der Waals surface area contributed by atoms with Crippen LogP contribution in [0.5, 0.6) is 0 Å². The van der Waals surface area contributed by atoms with Crippen LogP contribution in [0, 0.1) is 3.57 Å². The fourth-order valence-corrected chi connectivity index (χ4v) is 2.31. The lowest BCUT2D eigenvalue weighted by atomic mass is 9.89. The highest BCUT2D eigenvalue weighted by Crippen LogP contribution is 2.31. The zero-order valence-electron chi connectivity index (χ0n) is 7.84. The van der Waals surface area contributed by atoms with Crippen LogP contribution >= 0.6 is 34.2 Å². The van der Waals surface area contributed by atoms with Gasteiger partial charge in [0, 0.05) is 12.1 Å². The Balaban J connectivity index is 2.18. The van der Waals surface area contributed by atoms with Gasteiger partial charge in [-0.25, -0.2) is 9.97 Å². The van der Waals surface area contributed by atoms with Crippen LogP contribution < -0.4 is 0 Å². The summed E-state index contributed by atoms with van der Waals surface area (Å²) < 4.78 is 0.934. The molecule has 14 heavy (non-hydrogen) atoms. The summed E-state index contributed by atoms with van der Waals surface area (Å²) in [6.45, 7) is 0. The van der Waals surface area contributed by atoms with Gasteiger partial charge in [-0.15, -0.1) is 0 Å². The Kier molecular flexibility index (Phi) is 3.60. The molecule has 0 saturated heterocycles.